The predicted molar refractivity (Wildman–Crippen MR) is 86.5 cm³/mol. The zero-order chi connectivity index (χ0) is 15.7. The van der Waals surface area contributed by atoms with Crippen LogP contribution in [0.5, 0.6) is 0 Å². The summed E-state index contributed by atoms with van der Waals surface area (Å²) in [6.45, 7) is 9.93. The average molecular weight is 292 g/mol. The van der Waals surface area contributed by atoms with Gasteiger partial charge in [0.15, 0.2) is 0 Å². The molecule has 118 valence electrons. The average Bonchev–Trinajstić information content (AvgIpc) is 2.49. The Morgan fingerprint density at radius 3 is 2.62 bits per heavy atom. The van der Waals surface area contributed by atoms with Crippen molar-refractivity contribution in [1.29, 1.82) is 0 Å². The van der Waals surface area contributed by atoms with Crippen LogP contribution in [-0.2, 0) is 0 Å². The maximum atomic E-state index is 12.6. The highest BCUT2D eigenvalue weighted by atomic mass is 16.2. The van der Waals surface area contributed by atoms with Gasteiger partial charge in [0.2, 0.25) is 0 Å². The smallest absolute Gasteiger partial charge is 0.274 e. The van der Waals surface area contributed by atoms with Gasteiger partial charge in [-0.1, -0.05) is 26.7 Å². The first-order chi connectivity index (χ1) is 10.1. The lowest BCUT2D eigenvalue weighted by Gasteiger charge is -2.26. The van der Waals surface area contributed by atoms with Crippen LogP contribution in [0.1, 0.15) is 63.9 Å². The number of hydrogen-bond acceptors (Lipinski definition) is 4. The van der Waals surface area contributed by atoms with Crippen LogP contribution >= 0.6 is 0 Å². The molecule has 0 aliphatic rings. The fourth-order valence-electron chi connectivity index (χ4n) is 2.08. The molecule has 1 aromatic rings. The summed E-state index contributed by atoms with van der Waals surface area (Å²) in [5.41, 5.74) is 0.418. The minimum Gasteiger partial charge on any atom is -0.369 e. The van der Waals surface area contributed by atoms with E-state index in [4.69, 9.17) is 0 Å². The molecule has 1 heterocycles. The van der Waals surface area contributed by atoms with Crippen LogP contribution in [0.3, 0.4) is 0 Å². The monoisotopic (exact) mass is 292 g/mol. The van der Waals surface area contributed by atoms with E-state index in [1.165, 1.54) is 0 Å². The summed E-state index contributed by atoms with van der Waals surface area (Å²) in [6.07, 6.45) is 7.53. The fraction of sp³-hybridized carbons (Fsp3) is 0.688. The molecule has 0 aliphatic carbocycles. The van der Waals surface area contributed by atoms with Gasteiger partial charge in [0.25, 0.3) is 5.91 Å². The van der Waals surface area contributed by atoms with Gasteiger partial charge < -0.3 is 10.2 Å². The zero-order valence-corrected chi connectivity index (χ0v) is 13.7. The van der Waals surface area contributed by atoms with E-state index < -0.39 is 0 Å². The number of aromatic nitrogens is 2. The molecule has 1 amide bonds. The van der Waals surface area contributed by atoms with Crippen molar-refractivity contribution in [2.24, 2.45) is 0 Å². The molecule has 0 unspecified atom stereocenters. The van der Waals surface area contributed by atoms with Gasteiger partial charge >= 0.3 is 0 Å². The quantitative estimate of drug-likeness (QED) is 0.709. The van der Waals surface area contributed by atoms with Crippen LogP contribution in [0, 0.1) is 0 Å². The summed E-state index contributed by atoms with van der Waals surface area (Å²) in [4.78, 5) is 23.0. The molecular weight excluding hydrogens is 264 g/mol. The molecule has 0 aromatic carbocycles. The molecule has 1 aromatic heterocycles. The van der Waals surface area contributed by atoms with Crippen molar-refractivity contribution in [2.75, 3.05) is 18.4 Å². The molecule has 0 fully saturated rings. The Kier molecular flexibility index (Phi) is 7.72. The number of carbonyl (C=O) groups excluding carboxylic acids is 1. The number of unbranched alkanes of at least 4 members (excludes halogenated alkanes) is 2. The molecule has 0 saturated heterocycles. The molecule has 0 bridgehead atoms. The predicted octanol–water partition coefficient (Wildman–Crippen LogP) is 3.34. The molecule has 1 rings (SSSR count). The second kappa shape index (κ2) is 9.32. The SMILES string of the molecule is CCCCCN(C(=O)c1cncc(NCCC)n1)C(C)C. The van der Waals surface area contributed by atoms with Crippen molar-refractivity contribution >= 4 is 11.7 Å². The van der Waals surface area contributed by atoms with Gasteiger partial charge in [0, 0.05) is 19.1 Å². The second-order valence-corrected chi connectivity index (χ2v) is 5.52. The number of hydrogen-bond donors (Lipinski definition) is 1. The molecule has 21 heavy (non-hydrogen) atoms. The van der Waals surface area contributed by atoms with Crippen molar-refractivity contribution in [2.45, 2.75) is 59.4 Å². The molecule has 0 spiro atoms. The fourth-order valence-corrected chi connectivity index (χ4v) is 2.08. The number of rotatable bonds is 9. The third kappa shape index (κ3) is 5.69. The van der Waals surface area contributed by atoms with E-state index in [-0.39, 0.29) is 11.9 Å². The Bertz CT molecular complexity index is 434. The Labute approximate surface area is 128 Å². The minimum absolute atomic E-state index is 0.0336. The highest BCUT2D eigenvalue weighted by Crippen LogP contribution is 2.10. The van der Waals surface area contributed by atoms with Crippen molar-refractivity contribution in [1.82, 2.24) is 14.9 Å². The minimum atomic E-state index is -0.0336. The first-order valence-electron chi connectivity index (χ1n) is 7.97. The standard InChI is InChI=1S/C16H28N4O/c1-5-7-8-10-20(13(3)4)16(21)14-11-17-12-15(19-14)18-9-6-2/h11-13H,5-10H2,1-4H3,(H,18,19). The number of nitrogens with one attached hydrogen (secondary N) is 1. The Hall–Kier alpha value is -1.65. The first kappa shape index (κ1) is 17.4. The summed E-state index contributed by atoms with van der Waals surface area (Å²) in [5, 5.41) is 3.17. The first-order valence-corrected chi connectivity index (χ1v) is 7.97. The molecule has 0 radical (unpaired) electrons. The lowest BCUT2D eigenvalue weighted by molar-refractivity contribution is 0.0696. The van der Waals surface area contributed by atoms with Crippen LogP contribution in [0.4, 0.5) is 5.82 Å². The normalized spacial score (nSPS) is 10.7. The highest BCUT2D eigenvalue weighted by molar-refractivity contribution is 5.92. The van der Waals surface area contributed by atoms with Crippen LogP contribution in [0.25, 0.3) is 0 Å². The van der Waals surface area contributed by atoms with Crippen molar-refractivity contribution in [3.8, 4) is 0 Å². The Balaban J connectivity index is 2.77. The van der Waals surface area contributed by atoms with Gasteiger partial charge in [0.05, 0.1) is 12.4 Å². The van der Waals surface area contributed by atoms with Gasteiger partial charge in [-0.25, -0.2) is 4.98 Å². The van der Waals surface area contributed by atoms with E-state index in [0.717, 1.165) is 38.8 Å². The van der Waals surface area contributed by atoms with Crippen LogP contribution < -0.4 is 5.32 Å². The van der Waals surface area contributed by atoms with Crippen LogP contribution in [-0.4, -0.2) is 39.9 Å². The summed E-state index contributed by atoms with van der Waals surface area (Å²) in [5.74, 6) is 0.633. The molecule has 5 heteroatoms. The maximum absolute atomic E-state index is 12.6. The third-order valence-corrected chi connectivity index (χ3v) is 3.30. The van der Waals surface area contributed by atoms with E-state index in [2.05, 4.69) is 29.1 Å². The summed E-state index contributed by atoms with van der Waals surface area (Å²) < 4.78 is 0. The summed E-state index contributed by atoms with van der Waals surface area (Å²) >= 11 is 0. The number of amides is 1. The van der Waals surface area contributed by atoms with Gasteiger partial charge in [-0.3, -0.25) is 9.78 Å². The topological polar surface area (TPSA) is 58.1 Å². The largest absolute Gasteiger partial charge is 0.369 e. The summed E-state index contributed by atoms with van der Waals surface area (Å²) in [6, 6.07) is 0.170. The molecular formula is C16H28N4O. The lowest BCUT2D eigenvalue weighted by atomic mass is 10.2. The highest BCUT2D eigenvalue weighted by Gasteiger charge is 2.20. The van der Waals surface area contributed by atoms with Gasteiger partial charge in [-0.05, 0) is 26.7 Å². The van der Waals surface area contributed by atoms with Crippen LogP contribution in [0.15, 0.2) is 12.4 Å². The van der Waals surface area contributed by atoms with Gasteiger partial charge in [-0.2, -0.15) is 0 Å². The van der Waals surface area contributed by atoms with E-state index in [0.29, 0.717) is 11.5 Å². The Morgan fingerprint density at radius 1 is 1.24 bits per heavy atom. The second-order valence-electron chi connectivity index (χ2n) is 5.52. The van der Waals surface area contributed by atoms with E-state index in [1.54, 1.807) is 12.4 Å². The zero-order valence-electron chi connectivity index (χ0n) is 13.7. The van der Waals surface area contributed by atoms with E-state index in [1.807, 2.05) is 18.7 Å². The number of anilines is 1. The summed E-state index contributed by atoms with van der Waals surface area (Å²) in [7, 11) is 0. The van der Waals surface area contributed by atoms with Crippen molar-refractivity contribution in [3.05, 3.63) is 18.1 Å². The maximum Gasteiger partial charge on any atom is 0.274 e. The van der Waals surface area contributed by atoms with E-state index >= 15 is 0 Å². The number of nitrogens with zero attached hydrogens (tertiary/aromatic N) is 3. The Morgan fingerprint density at radius 2 is 2.00 bits per heavy atom. The molecule has 0 saturated carbocycles. The lowest BCUT2D eigenvalue weighted by Crippen LogP contribution is -2.38. The molecule has 1 N–H and O–H groups in total. The van der Waals surface area contributed by atoms with Crippen molar-refractivity contribution in [3.63, 3.8) is 0 Å². The number of carbonyl (C=O) groups is 1. The molecule has 5 nitrogen and oxygen atoms in total. The van der Waals surface area contributed by atoms with Crippen LogP contribution in [0.2, 0.25) is 0 Å². The third-order valence-electron chi connectivity index (χ3n) is 3.30. The van der Waals surface area contributed by atoms with Gasteiger partial charge in [-0.15, -0.1) is 0 Å². The molecule has 0 aliphatic heterocycles. The van der Waals surface area contributed by atoms with Gasteiger partial charge in [0.1, 0.15) is 11.5 Å². The van der Waals surface area contributed by atoms with Crippen molar-refractivity contribution < 1.29 is 4.79 Å². The molecule has 0 atom stereocenters. The van der Waals surface area contributed by atoms with E-state index in [9.17, 15) is 4.79 Å².